The van der Waals surface area contributed by atoms with Crippen LogP contribution in [0.25, 0.3) is 0 Å². The van der Waals surface area contributed by atoms with Gasteiger partial charge in [-0.25, -0.2) is 4.98 Å². The molecule has 1 atom stereocenters. The summed E-state index contributed by atoms with van der Waals surface area (Å²) in [5, 5.41) is 1.04. The van der Waals surface area contributed by atoms with Gasteiger partial charge in [0.2, 0.25) is 5.91 Å². The minimum atomic E-state index is 0.165. The van der Waals surface area contributed by atoms with Gasteiger partial charge in [0.1, 0.15) is 5.03 Å². The van der Waals surface area contributed by atoms with Crippen LogP contribution in [0, 0.1) is 0 Å². The van der Waals surface area contributed by atoms with Crippen LogP contribution in [-0.2, 0) is 4.79 Å². The summed E-state index contributed by atoms with van der Waals surface area (Å²) in [6.07, 6.45) is 5.98. The van der Waals surface area contributed by atoms with E-state index in [1.807, 2.05) is 23.4 Å². The standard InChI is InChI=1S/C12H16N2OS/c1-9(15)14-8-4-6-11(14)10-5-3-7-13-12(10)16-2/h3,5,7,11H,4,6,8H2,1-2H3/t11-/m1/s1. The van der Waals surface area contributed by atoms with Gasteiger partial charge in [-0.2, -0.15) is 0 Å². The molecule has 0 bridgehead atoms. The number of rotatable bonds is 2. The summed E-state index contributed by atoms with van der Waals surface area (Å²) >= 11 is 1.65. The molecule has 0 aliphatic carbocycles. The van der Waals surface area contributed by atoms with E-state index in [0.717, 1.165) is 24.4 Å². The third-order valence-corrected chi connectivity index (χ3v) is 3.74. The van der Waals surface area contributed by atoms with Crippen LogP contribution in [0.1, 0.15) is 31.4 Å². The van der Waals surface area contributed by atoms with E-state index in [1.165, 1.54) is 5.56 Å². The van der Waals surface area contributed by atoms with Crippen LogP contribution in [0.15, 0.2) is 23.4 Å². The first-order valence-electron chi connectivity index (χ1n) is 5.50. The van der Waals surface area contributed by atoms with Crippen LogP contribution in [0.3, 0.4) is 0 Å². The van der Waals surface area contributed by atoms with Gasteiger partial charge in [0.05, 0.1) is 6.04 Å². The van der Waals surface area contributed by atoms with E-state index in [0.29, 0.717) is 0 Å². The molecule has 0 saturated carbocycles. The van der Waals surface area contributed by atoms with Crippen molar-refractivity contribution in [2.75, 3.05) is 12.8 Å². The highest BCUT2D eigenvalue weighted by Gasteiger charge is 2.29. The average Bonchev–Trinajstić information content (AvgIpc) is 2.77. The smallest absolute Gasteiger partial charge is 0.219 e. The van der Waals surface area contributed by atoms with E-state index in [1.54, 1.807) is 18.7 Å². The lowest BCUT2D eigenvalue weighted by Gasteiger charge is -2.24. The molecular formula is C12H16N2OS. The summed E-state index contributed by atoms with van der Waals surface area (Å²) in [7, 11) is 0. The van der Waals surface area contributed by atoms with Crippen molar-refractivity contribution >= 4 is 17.7 Å². The molecule has 0 radical (unpaired) electrons. The molecule has 86 valence electrons. The number of nitrogens with zero attached hydrogens (tertiary/aromatic N) is 2. The van der Waals surface area contributed by atoms with Crippen molar-refractivity contribution in [1.29, 1.82) is 0 Å². The van der Waals surface area contributed by atoms with E-state index in [-0.39, 0.29) is 11.9 Å². The van der Waals surface area contributed by atoms with Crippen molar-refractivity contribution in [3.63, 3.8) is 0 Å². The maximum absolute atomic E-state index is 11.5. The molecule has 2 rings (SSSR count). The molecule has 1 amide bonds. The molecule has 0 spiro atoms. The summed E-state index contributed by atoms with van der Waals surface area (Å²) in [5.41, 5.74) is 1.20. The van der Waals surface area contributed by atoms with Gasteiger partial charge in [-0.3, -0.25) is 4.79 Å². The Labute approximate surface area is 100 Å². The zero-order valence-corrected chi connectivity index (χ0v) is 10.5. The van der Waals surface area contributed by atoms with Gasteiger partial charge in [0.15, 0.2) is 0 Å². The molecule has 1 fully saturated rings. The number of thioether (sulfide) groups is 1. The third kappa shape index (κ3) is 2.07. The second-order valence-electron chi connectivity index (χ2n) is 3.97. The van der Waals surface area contributed by atoms with E-state index in [4.69, 9.17) is 0 Å². The van der Waals surface area contributed by atoms with Gasteiger partial charge in [-0.1, -0.05) is 6.07 Å². The molecule has 0 aromatic carbocycles. The SMILES string of the molecule is CSc1ncccc1[C@H]1CCCN1C(C)=O. The number of amides is 1. The fourth-order valence-corrected chi connectivity index (χ4v) is 2.90. The van der Waals surface area contributed by atoms with Crippen LogP contribution >= 0.6 is 11.8 Å². The average molecular weight is 236 g/mol. The van der Waals surface area contributed by atoms with Crippen molar-refractivity contribution in [3.05, 3.63) is 23.9 Å². The highest BCUT2D eigenvalue weighted by atomic mass is 32.2. The van der Waals surface area contributed by atoms with Crippen LogP contribution < -0.4 is 0 Å². The minimum absolute atomic E-state index is 0.165. The molecule has 0 unspecified atom stereocenters. The Hall–Kier alpha value is -1.03. The van der Waals surface area contributed by atoms with Gasteiger partial charge < -0.3 is 4.90 Å². The molecule has 1 aliphatic heterocycles. The van der Waals surface area contributed by atoms with Gasteiger partial charge >= 0.3 is 0 Å². The topological polar surface area (TPSA) is 33.2 Å². The summed E-state index contributed by atoms with van der Waals surface area (Å²) < 4.78 is 0. The minimum Gasteiger partial charge on any atom is -0.336 e. The first-order chi connectivity index (χ1) is 7.74. The van der Waals surface area contributed by atoms with E-state index < -0.39 is 0 Å². The number of carbonyl (C=O) groups excluding carboxylic acids is 1. The largest absolute Gasteiger partial charge is 0.336 e. The number of aromatic nitrogens is 1. The lowest BCUT2D eigenvalue weighted by Crippen LogP contribution is -2.28. The molecule has 16 heavy (non-hydrogen) atoms. The maximum atomic E-state index is 11.5. The molecule has 1 aromatic heterocycles. The Morgan fingerprint density at radius 2 is 2.44 bits per heavy atom. The highest BCUT2D eigenvalue weighted by Crippen LogP contribution is 2.35. The van der Waals surface area contributed by atoms with Crippen molar-refractivity contribution < 1.29 is 4.79 Å². The third-order valence-electron chi connectivity index (χ3n) is 3.01. The van der Waals surface area contributed by atoms with Crippen molar-refractivity contribution in [2.45, 2.75) is 30.8 Å². The first-order valence-corrected chi connectivity index (χ1v) is 6.72. The second-order valence-corrected chi connectivity index (χ2v) is 4.77. The summed E-state index contributed by atoms with van der Waals surface area (Å²) in [6, 6.07) is 4.27. The molecule has 1 saturated heterocycles. The van der Waals surface area contributed by atoms with Gasteiger partial charge in [0.25, 0.3) is 0 Å². The van der Waals surface area contributed by atoms with E-state index >= 15 is 0 Å². The first kappa shape index (κ1) is 11.5. The lowest BCUT2D eigenvalue weighted by atomic mass is 10.1. The van der Waals surface area contributed by atoms with Gasteiger partial charge in [-0.15, -0.1) is 11.8 Å². The second kappa shape index (κ2) is 4.87. The molecule has 0 N–H and O–H groups in total. The Bertz CT molecular complexity index is 394. The van der Waals surface area contributed by atoms with Crippen LogP contribution in [-0.4, -0.2) is 28.6 Å². The zero-order chi connectivity index (χ0) is 11.5. The summed E-state index contributed by atoms with van der Waals surface area (Å²) in [4.78, 5) is 17.8. The van der Waals surface area contributed by atoms with E-state index in [2.05, 4.69) is 11.1 Å². The summed E-state index contributed by atoms with van der Waals surface area (Å²) in [6.45, 7) is 2.52. The Morgan fingerprint density at radius 1 is 1.62 bits per heavy atom. The van der Waals surface area contributed by atoms with Crippen molar-refractivity contribution in [1.82, 2.24) is 9.88 Å². The fourth-order valence-electron chi connectivity index (χ4n) is 2.29. The predicted octanol–water partition coefficient (Wildman–Crippen LogP) is 2.49. The number of likely N-dealkylation sites (tertiary alicyclic amines) is 1. The molecule has 3 nitrogen and oxygen atoms in total. The van der Waals surface area contributed by atoms with Gasteiger partial charge in [-0.05, 0) is 25.2 Å². The zero-order valence-electron chi connectivity index (χ0n) is 9.64. The molecule has 1 aliphatic rings. The van der Waals surface area contributed by atoms with Crippen molar-refractivity contribution in [2.24, 2.45) is 0 Å². The predicted molar refractivity (Wildman–Crippen MR) is 65.4 cm³/mol. The van der Waals surface area contributed by atoms with Gasteiger partial charge in [0, 0.05) is 25.2 Å². The van der Waals surface area contributed by atoms with Crippen LogP contribution in [0.4, 0.5) is 0 Å². The Morgan fingerprint density at radius 3 is 3.12 bits per heavy atom. The van der Waals surface area contributed by atoms with Crippen molar-refractivity contribution in [3.8, 4) is 0 Å². The van der Waals surface area contributed by atoms with Crippen LogP contribution in [0.2, 0.25) is 0 Å². The highest BCUT2D eigenvalue weighted by molar-refractivity contribution is 7.98. The molecule has 2 heterocycles. The molecular weight excluding hydrogens is 220 g/mol. The quantitative estimate of drug-likeness (QED) is 0.740. The fraction of sp³-hybridized carbons (Fsp3) is 0.500. The normalized spacial score (nSPS) is 20.1. The number of pyridine rings is 1. The number of carbonyl (C=O) groups is 1. The maximum Gasteiger partial charge on any atom is 0.219 e. The number of hydrogen-bond acceptors (Lipinski definition) is 3. The lowest BCUT2D eigenvalue weighted by molar-refractivity contribution is -0.129. The Kier molecular flexibility index (Phi) is 3.49. The molecule has 4 heteroatoms. The molecule has 1 aromatic rings. The monoisotopic (exact) mass is 236 g/mol. The number of hydrogen-bond donors (Lipinski definition) is 0. The van der Waals surface area contributed by atoms with E-state index in [9.17, 15) is 4.79 Å². The Balaban J connectivity index is 2.32. The summed E-state index contributed by atoms with van der Waals surface area (Å²) in [5.74, 6) is 0.165. The van der Waals surface area contributed by atoms with Crippen LogP contribution in [0.5, 0.6) is 0 Å².